The van der Waals surface area contributed by atoms with Crippen molar-refractivity contribution in [2.24, 2.45) is 5.92 Å². The molecule has 0 bridgehead atoms. The summed E-state index contributed by atoms with van der Waals surface area (Å²) in [5.74, 6) is -1.30. The summed E-state index contributed by atoms with van der Waals surface area (Å²) < 4.78 is 39.5. The molecule has 0 heterocycles. The summed E-state index contributed by atoms with van der Waals surface area (Å²) in [7, 11) is -4.35. The third-order valence-electron chi connectivity index (χ3n) is 5.79. The zero-order valence-corrected chi connectivity index (χ0v) is 24.8. The van der Waals surface area contributed by atoms with E-state index in [1.165, 1.54) is 24.3 Å². The molecule has 2 atom stereocenters. The van der Waals surface area contributed by atoms with Crippen LogP contribution in [0.25, 0.3) is 0 Å². The van der Waals surface area contributed by atoms with Crippen molar-refractivity contribution in [3.63, 3.8) is 0 Å². The molecule has 0 aromatic heterocycles. The molecule has 2 rings (SSSR count). The van der Waals surface area contributed by atoms with E-state index < -0.39 is 55.2 Å². The number of esters is 1. The number of aliphatic hydroxyl groups excluding tert-OH is 1. The second kappa shape index (κ2) is 16.6. The summed E-state index contributed by atoms with van der Waals surface area (Å²) in [6.45, 7) is 5.27. The van der Waals surface area contributed by atoms with Crippen LogP contribution in [-0.2, 0) is 30.9 Å². The highest BCUT2D eigenvalue weighted by atomic mass is 32.2. The number of alkyl carbamates (subject to hydrolysis) is 1. The van der Waals surface area contributed by atoms with Gasteiger partial charge in [0.25, 0.3) is 5.69 Å². The Morgan fingerprint density at radius 2 is 1.69 bits per heavy atom. The number of sulfonamides is 1. The molecule has 0 radical (unpaired) electrons. The van der Waals surface area contributed by atoms with Gasteiger partial charge in [0.2, 0.25) is 10.0 Å². The zero-order valence-electron chi connectivity index (χ0n) is 24.0. The Hall–Kier alpha value is -3.81. The fourth-order valence-electron chi connectivity index (χ4n) is 3.83. The Balaban J connectivity index is 2.16. The van der Waals surface area contributed by atoms with Crippen LogP contribution in [0.3, 0.4) is 0 Å². The predicted molar refractivity (Wildman–Crippen MR) is 156 cm³/mol. The van der Waals surface area contributed by atoms with E-state index in [0.29, 0.717) is 12.8 Å². The number of hydrogen-bond donors (Lipinski definition) is 3. The van der Waals surface area contributed by atoms with Crippen LogP contribution in [0.4, 0.5) is 10.5 Å². The second-order valence-corrected chi connectivity index (χ2v) is 12.2. The van der Waals surface area contributed by atoms with Crippen LogP contribution in [-0.4, -0.2) is 55.3 Å². The summed E-state index contributed by atoms with van der Waals surface area (Å²) in [5.41, 5.74) is -0.510. The highest BCUT2D eigenvalue weighted by Gasteiger charge is 2.28. The number of ether oxygens (including phenoxy) is 2. The van der Waals surface area contributed by atoms with Crippen LogP contribution in [0.5, 0.6) is 0 Å². The molecule has 0 fully saturated rings. The fraction of sp³-hybridized carbons (Fsp3) is 0.448. The van der Waals surface area contributed by atoms with Crippen LogP contribution in [0.2, 0.25) is 0 Å². The highest BCUT2D eigenvalue weighted by Crippen LogP contribution is 2.24. The van der Waals surface area contributed by atoms with Gasteiger partial charge in [-0.15, -0.1) is 0 Å². The zero-order chi connectivity index (χ0) is 31.2. The number of rotatable bonds is 16. The van der Waals surface area contributed by atoms with E-state index in [-0.39, 0.29) is 32.6 Å². The molecule has 13 heteroatoms. The van der Waals surface area contributed by atoms with Crippen molar-refractivity contribution in [3.8, 4) is 0 Å². The molecule has 42 heavy (non-hydrogen) atoms. The third-order valence-corrected chi connectivity index (χ3v) is 7.33. The molecular formula is C29H39N3O9S. The van der Waals surface area contributed by atoms with Gasteiger partial charge < -0.3 is 19.9 Å². The Morgan fingerprint density at radius 3 is 2.33 bits per heavy atom. The van der Waals surface area contributed by atoms with Gasteiger partial charge in [-0.2, -0.15) is 0 Å². The molecule has 12 nitrogen and oxygen atoms in total. The van der Waals surface area contributed by atoms with Gasteiger partial charge in [0.1, 0.15) is 12.2 Å². The van der Waals surface area contributed by atoms with Crippen molar-refractivity contribution >= 4 is 27.8 Å². The largest absolute Gasteiger partial charge is 0.460 e. The monoisotopic (exact) mass is 605 g/mol. The number of hydrogen-bond acceptors (Lipinski definition) is 9. The van der Waals surface area contributed by atoms with Gasteiger partial charge in [-0.05, 0) is 58.1 Å². The average molecular weight is 606 g/mol. The van der Waals surface area contributed by atoms with Crippen molar-refractivity contribution in [1.29, 1.82) is 0 Å². The Bertz CT molecular complexity index is 1310. The van der Waals surface area contributed by atoms with Gasteiger partial charge in [-0.1, -0.05) is 54.6 Å². The van der Waals surface area contributed by atoms with Gasteiger partial charge in [0, 0.05) is 25.3 Å². The number of aliphatic hydroxyl groups is 1. The number of amides is 1. The summed E-state index contributed by atoms with van der Waals surface area (Å²) in [4.78, 5) is 35.0. The topological polar surface area (TPSA) is 174 Å². The van der Waals surface area contributed by atoms with E-state index in [4.69, 9.17) is 9.47 Å². The minimum Gasteiger partial charge on any atom is -0.460 e. The Kier molecular flexibility index (Phi) is 13.6. The van der Waals surface area contributed by atoms with Crippen LogP contribution < -0.4 is 10.0 Å². The van der Waals surface area contributed by atoms with E-state index in [9.17, 15) is 33.2 Å². The molecule has 0 spiro atoms. The first kappa shape index (κ1) is 34.4. The summed E-state index contributed by atoms with van der Waals surface area (Å²) >= 11 is 0. The smallest absolute Gasteiger partial charge is 0.407 e. The lowest BCUT2D eigenvalue weighted by Crippen LogP contribution is -2.35. The Morgan fingerprint density at radius 1 is 1.02 bits per heavy atom. The van der Waals surface area contributed by atoms with E-state index in [2.05, 4.69) is 10.0 Å². The molecule has 0 saturated heterocycles. The van der Waals surface area contributed by atoms with Crippen LogP contribution in [0.1, 0.15) is 52.0 Å². The van der Waals surface area contributed by atoms with Crippen molar-refractivity contribution in [2.45, 2.75) is 69.6 Å². The van der Waals surface area contributed by atoms with Gasteiger partial charge in [0.15, 0.2) is 4.90 Å². The van der Waals surface area contributed by atoms with E-state index in [0.717, 1.165) is 17.7 Å². The maximum absolute atomic E-state index is 13.2. The fourth-order valence-corrected chi connectivity index (χ4v) is 5.23. The van der Waals surface area contributed by atoms with E-state index >= 15 is 0 Å². The highest BCUT2D eigenvalue weighted by molar-refractivity contribution is 7.89. The molecule has 2 aromatic carbocycles. The number of benzene rings is 2. The van der Waals surface area contributed by atoms with Crippen LogP contribution in [0, 0.1) is 16.0 Å². The van der Waals surface area contributed by atoms with Gasteiger partial charge in [-0.25, -0.2) is 17.9 Å². The molecule has 0 unspecified atom stereocenters. The quantitative estimate of drug-likeness (QED) is 0.0831. The van der Waals surface area contributed by atoms with Crippen molar-refractivity contribution in [1.82, 2.24) is 10.0 Å². The standard InChI is InChI=1S/C29H39N3O9S/c1-29(2,3)41-27(34)23(13-10-20-33)17-18-24(31-42(38,39)26-16-8-7-15-25(26)32(36)37)14-9-19-30-28(35)40-21-22-11-5-4-6-12-22/h4-8,11-12,15-18,23-24,31,33H,9-10,13-14,19-21H2,1-3H3,(H,30,35)/b18-17+/t23-,24+/m1/s1. The van der Waals surface area contributed by atoms with Crippen molar-refractivity contribution in [3.05, 3.63) is 82.4 Å². The number of nitro groups is 1. The maximum Gasteiger partial charge on any atom is 0.407 e. The summed E-state index contributed by atoms with van der Waals surface area (Å²) in [6, 6.07) is 13.2. The van der Waals surface area contributed by atoms with Crippen molar-refractivity contribution < 1.29 is 37.5 Å². The number of nitrogens with zero attached hydrogens (tertiary/aromatic N) is 1. The molecule has 3 N–H and O–H groups in total. The SMILES string of the molecule is CC(C)(C)OC(=O)[C@@H](/C=C/[C@H](CCCNC(=O)OCc1ccccc1)NS(=O)(=O)c1ccccc1[N+](=O)[O-])CCCO. The molecule has 0 saturated carbocycles. The first-order chi connectivity index (χ1) is 19.8. The second-order valence-electron chi connectivity index (χ2n) is 10.5. The molecule has 230 valence electrons. The van der Waals surface area contributed by atoms with E-state index in [1.807, 2.05) is 30.3 Å². The number of carbonyl (C=O) groups is 2. The number of nitrogens with one attached hydrogen (secondary N) is 2. The Labute approximate surface area is 246 Å². The molecule has 0 aliphatic rings. The maximum atomic E-state index is 13.2. The first-order valence-corrected chi connectivity index (χ1v) is 15.0. The molecule has 0 aliphatic carbocycles. The van der Waals surface area contributed by atoms with Gasteiger partial charge in [0.05, 0.1) is 10.8 Å². The van der Waals surface area contributed by atoms with Crippen molar-refractivity contribution in [2.75, 3.05) is 13.2 Å². The lowest BCUT2D eigenvalue weighted by molar-refractivity contribution is -0.387. The first-order valence-electron chi connectivity index (χ1n) is 13.5. The third kappa shape index (κ3) is 12.4. The van der Waals surface area contributed by atoms with E-state index in [1.54, 1.807) is 20.8 Å². The lowest BCUT2D eigenvalue weighted by Gasteiger charge is -2.23. The van der Waals surface area contributed by atoms with Crippen LogP contribution >= 0.6 is 0 Å². The van der Waals surface area contributed by atoms with Gasteiger partial charge in [-0.3, -0.25) is 14.9 Å². The molecule has 2 aromatic rings. The average Bonchev–Trinajstić information content (AvgIpc) is 2.93. The molecule has 1 amide bonds. The minimum absolute atomic E-state index is 0.0909. The van der Waals surface area contributed by atoms with Gasteiger partial charge >= 0.3 is 12.1 Å². The minimum atomic E-state index is -4.35. The lowest BCUT2D eigenvalue weighted by atomic mass is 10.0. The summed E-state index contributed by atoms with van der Waals surface area (Å²) in [5, 5.41) is 23.3. The predicted octanol–water partition coefficient (Wildman–Crippen LogP) is 4.23. The molecular weight excluding hydrogens is 566 g/mol. The normalized spacial score (nSPS) is 13.3. The molecule has 0 aliphatic heterocycles. The number of nitro benzene ring substituents is 1. The number of para-hydroxylation sites is 1. The van der Waals surface area contributed by atoms with Crippen LogP contribution in [0.15, 0.2) is 71.6 Å². The summed E-state index contributed by atoms with van der Waals surface area (Å²) in [6.07, 6.45) is 3.43. The number of carbonyl (C=O) groups excluding carboxylic acids is 2.